The summed E-state index contributed by atoms with van der Waals surface area (Å²) in [7, 11) is -1.05. The Balaban J connectivity index is 2.16. The van der Waals surface area contributed by atoms with E-state index in [2.05, 4.69) is 0 Å². The standard InChI is InChI=1S/C16H16O3S2/c1-3-20-15-7-5-4-6-14(15)19-16(17)12-8-10-13(11-9-12)21(2)18/h4-11H,3H2,1-2H3/t21-/m0/s1. The Labute approximate surface area is 131 Å². The van der Waals surface area contributed by atoms with E-state index in [0.717, 1.165) is 10.6 Å². The van der Waals surface area contributed by atoms with Crippen molar-refractivity contribution in [1.82, 2.24) is 0 Å². The second-order valence-corrected chi connectivity index (χ2v) is 6.93. The molecule has 0 N–H and O–H groups in total. The third kappa shape index (κ3) is 4.19. The highest BCUT2D eigenvalue weighted by atomic mass is 32.2. The van der Waals surface area contributed by atoms with Gasteiger partial charge in [0, 0.05) is 22.0 Å². The van der Waals surface area contributed by atoms with Gasteiger partial charge >= 0.3 is 5.97 Å². The molecule has 2 rings (SSSR count). The summed E-state index contributed by atoms with van der Waals surface area (Å²) in [5.41, 5.74) is 0.445. The van der Waals surface area contributed by atoms with E-state index in [-0.39, 0.29) is 0 Å². The van der Waals surface area contributed by atoms with Crippen LogP contribution in [0.3, 0.4) is 0 Å². The molecule has 0 unspecified atom stereocenters. The van der Waals surface area contributed by atoms with Gasteiger partial charge in [0.25, 0.3) is 0 Å². The van der Waals surface area contributed by atoms with Crippen LogP contribution in [0, 0.1) is 0 Å². The van der Waals surface area contributed by atoms with Crippen LogP contribution in [0.4, 0.5) is 0 Å². The lowest BCUT2D eigenvalue weighted by atomic mass is 10.2. The smallest absolute Gasteiger partial charge is 0.343 e. The molecule has 110 valence electrons. The first kappa shape index (κ1) is 15.8. The molecule has 0 saturated carbocycles. The van der Waals surface area contributed by atoms with Gasteiger partial charge < -0.3 is 4.74 Å². The number of rotatable bonds is 5. The first-order valence-corrected chi connectivity index (χ1v) is 9.03. The first-order valence-electron chi connectivity index (χ1n) is 6.49. The molecular formula is C16H16O3S2. The number of hydrogen-bond acceptors (Lipinski definition) is 4. The minimum absolute atomic E-state index is 0.410. The Morgan fingerprint density at radius 2 is 1.81 bits per heavy atom. The summed E-state index contributed by atoms with van der Waals surface area (Å²) in [5, 5.41) is 0. The maximum absolute atomic E-state index is 12.1. The zero-order valence-electron chi connectivity index (χ0n) is 11.9. The van der Waals surface area contributed by atoms with E-state index in [1.54, 1.807) is 48.3 Å². The summed E-state index contributed by atoms with van der Waals surface area (Å²) < 4.78 is 16.8. The average Bonchev–Trinajstić information content (AvgIpc) is 2.49. The van der Waals surface area contributed by atoms with E-state index in [0.29, 0.717) is 16.2 Å². The minimum Gasteiger partial charge on any atom is -0.422 e. The predicted molar refractivity (Wildman–Crippen MR) is 86.6 cm³/mol. The average molecular weight is 320 g/mol. The first-order chi connectivity index (χ1) is 10.1. The van der Waals surface area contributed by atoms with Crippen molar-refractivity contribution in [3.63, 3.8) is 0 Å². The highest BCUT2D eigenvalue weighted by molar-refractivity contribution is 7.99. The molecule has 0 aromatic heterocycles. The zero-order chi connectivity index (χ0) is 15.2. The summed E-state index contributed by atoms with van der Waals surface area (Å²) in [6, 6.07) is 14.1. The number of carbonyl (C=O) groups excluding carboxylic acids is 1. The summed E-state index contributed by atoms with van der Waals surface area (Å²) in [6.07, 6.45) is 1.60. The molecule has 0 spiro atoms. The molecule has 2 aromatic rings. The number of thioether (sulfide) groups is 1. The van der Waals surface area contributed by atoms with Crippen LogP contribution in [-0.2, 0) is 10.8 Å². The van der Waals surface area contributed by atoms with Crippen molar-refractivity contribution in [2.75, 3.05) is 12.0 Å². The molecule has 21 heavy (non-hydrogen) atoms. The maximum atomic E-state index is 12.1. The van der Waals surface area contributed by atoms with E-state index in [9.17, 15) is 9.00 Å². The fourth-order valence-electron chi connectivity index (χ4n) is 1.75. The van der Waals surface area contributed by atoms with E-state index >= 15 is 0 Å². The van der Waals surface area contributed by atoms with Crippen molar-refractivity contribution in [3.8, 4) is 5.75 Å². The van der Waals surface area contributed by atoms with Crippen molar-refractivity contribution >= 4 is 28.5 Å². The molecule has 3 nitrogen and oxygen atoms in total. The lowest BCUT2D eigenvalue weighted by Gasteiger charge is -2.09. The van der Waals surface area contributed by atoms with Gasteiger partial charge in [0.2, 0.25) is 0 Å². The molecule has 2 aromatic carbocycles. The van der Waals surface area contributed by atoms with Gasteiger partial charge in [0.15, 0.2) is 0 Å². The van der Waals surface area contributed by atoms with Crippen LogP contribution in [0.15, 0.2) is 58.3 Å². The van der Waals surface area contributed by atoms with Crippen LogP contribution < -0.4 is 4.74 Å². The minimum atomic E-state index is -1.05. The number of ether oxygens (including phenoxy) is 1. The van der Waals surface area contributed by atoms with Crippen molar-refractivity contribution in [3.05, 3.63) is 54.1 Å². The Morgan fingerprint density at radius 3 is 2.43 bits per heavy atom. The van der Waals surface area contributed by atoms with Crippen molar-refractivity contribution in [2.24, 2.45) is 0 Å². The van der Waals surface area contributed by atoms with Gasteiger partial charge in [-0.25, -0.2) is 4.79 Å². The number of para-hydroxylation sites is 1. The van der Waals surface area contributed by atoms with Gasteiger partial charge in [-0.2, -0.15) is 0 Å². The van der Waals surface area contributed by atoms with Gasteiger partial charge in [0.1, 0.15) is 5.75 Å². The Bertz CT molecular complexity index is 651. The summed E-state index contributed by atoms with van der Waals surface area (Å²) in [5.74, 6) is 1.07. The van der Waals surface area contributed by atoms with Gasteiger partial charge in [-0.1, -0.05) is 19.1 Å². The number of benzene rings is 2. The van der Waals surface area contributed by atoms with E-state index in [4.69, 9.17) is 4.74 Å². The molecule has 0 aliphatic rings. The second-order valence-electron chi connectivity index (χ2n) is 4.25. The summed E-state index contributed by atoms with van der Waals surface area (Å²) >= 11 is 1.63. The monoisotopic (exact) mass is 320 g/mol. The second kappa shape index (κ2) is 7.43. The van der Waals surface area contributed by atoms with Crippen LogP contribution in [0.25, 0.3) is 0 Å². The zero-order valence-corrected chi connectivity index (χ0v) is 13.5. The van der Waals surface area contributed by atoms with Gasteiger partial charge in [-0.15, -0.1) is 11.8 Å². The maximum Gasteiger partial charge on any atom is 0.343 e. The molecule has 0 heterocycles. The Hall–Kier alpha value is -1.59. The number of esters is 1. The van der Waals surface area contributed by atoms with Gasteiger partial charge in [0.05, 0.1) is 10.5 Å². The fraction of sp³-hybridized carbons (Fsp3) is 0.188. The van der Waals surface area contributed by atoms with Crippen LogP contribution in [0.5, 0.6) is 5.75 Å². The van der Waals surface area contributed by atoms with Crippen molar-refractivity contribution in [1.29, 1.82) is 0 Å². The van der Waals surface area contributed by atoms with Gasteiger partial charge in [-0.05, 0) is 42.2 Å². The van der Waals surface area contributed by atoms with Crippen LogP contribution in [0.2, 0.25) is 0 Å². The third-order valence-corrected chi connectivity index (χ3v) is 4.65. The number of hydrogen-bond donors (Lipinski definition) is 0. The molecule has 0 radical (unpaired) electrons. The molecule has 0 aliphatic heterocycles. The molecule has 0 bridgehead atoms. The Kier molecular flexibility index (Phi) is 5.59. The largest absolute Gasteiger partial charge is 0.422 e. The molecule has 0 fully saturated rings. The van der Waals surface area contributed by atoms with Gasteiger partial charge in [-0.3, -0.25) is 4.21 Å². The molecule has 1 atom stereocenters. The van der Waals surface area contributed by atoms with E-state index in [1.165, 1.54) is 0 Å². The summed E-state index contributed by atoms with van der Waals surface area (Å²) in [4.78, 5) is 13.8. The molecule has 5 heteroatoms. The SMILES string of the molecule is CCSc1ccccc1OC(=O)c1ccc([S@](C)=O)cc1. The normalized spacial score (nSPS) is 11.9. The van der Waals surface area contributed by atoms with Crippen molar-refractivity contribution in [2.45, 2.75) is 16.7 Å². The van der Waals surface area contributed by atoms with Crippen LogP contribution in [0.1, 0.15) is 17.3 Å². The molecular weight excluding hydrogens is 304 g/mol. The quantitative estimate of drug-likeness (QED) is 0.478. The Morgan fingerprint density at radius 1 is 1.14 bits per heavy atom. The lowest BCUT2D eigenvalue weighted by Crippen LogP contribution is -2.09. The third-order valence-electron chi connectivity index (χ3n) is 2.77. The molecule has 0 amide bonds. The topological polar surface area (TPSA) is 43.4 Å². The van der Waals surface area contributed by atoms with E-state index in [1.807, 2.05) is 25.1 Å². The predicted octanol–water partition coefficient (Wildman–Crippen LogP) is 3.76. The summed E-state index contributed by atoms with van der Waals surface area (Å²) in [6.45, 7) is 2.05. The van der Waals surface area contributed by atoms with Crippen LogP contribution >= 0.6 is 11.8 Å². The van der Waals surface area contributed by atoms with Crippen LogP contribution in [-0.4, -0.2) is 22.2 Å². The highest BCUT2D eigenvalue weighted by Crippen LogP contribution is 2.29. The van der Waals surface area contributed by atoms with E-state index < -0.39 is 16.8 Å². The number of carbonyl (C=O) groups is 1. The lowest BCUT2D eigenvalue weighted by molar-refractivity contribution is 0.0730. The van der Waals surface area contributed by atoms with Crippen molar-refractivity contribution < 1.29 is 13.7 Å². The molecule has 0 aliphatic carbocycles. The fourth-order valence-corrected chi connectivity index (χ4v) is 3.01. The molecule has 0 saturated heterocycles. The highest BCUT2D eigenvalue weighted by Gasteiger charge is 2.11.